The molecular weight excluding hydrogens is 399 g/mol. The Bertz CT molecular complexity index is 1120. The normalized spacial score (nSPS) is 15.6. The lowest BCUT2D eigenvalue weighted by Gasteiger charge is -2.17. The SMILES string of the molecule is O=C(Nc1ccccc1NC(=O)C1CC(=O)N(c2ccc(F)cc2)C1)c1ccccn1. The second kappa shape index (κ2) is 8.74. The van der Waals surface area contributed by atoms with Crippen molar-refractivity contribution in [2.45, 2.75) is 6.42 Å². The summed E-state index contributed by atoms with van der Waals surface area (Å²) in [5.41, 5.74) is 1.64. The molecule has 1 saturated heterocycles. The minimum absolute atomic E-state index is 0.0473. The number of para-hydroxylation sites is 2. The summed E-state index contributed by atoms with van der Waals surface area (Å²) in [5.74, 6) is -1.91. The molecule has 31 heavy (non-hydrogen) atoms. The highest BCUT2D eigenvalue weighted by Crippen LogP contribution is 2.28. The number of anilines is 3. The largest absolute Gasteiger partial charge is 0.324 e. The summed E-state index contributed by atoms with van der Waals surface area (Å²) >= 11 is 0. The molecular formula is C23H19FN4O3. The van der Waals surface area contributed by atoms with E-state index in [0.29, 0.717) is 17.1 Å². The first kappa shape index (κ1) is 20.2. The van der Waals surface area contributed by atoms with Gasteiger partial charge < -0.3 is 15.5 Å². The minimum atomic E-state index is -0.572. The molecule has 1 atom stereocenters. The Labute approximate surface area is 177 Å². The van der Waals surface area contributed by atoms with Crippen molar-refractivity contribution in [3.63, 3.8) is 0 Å². The van der Waals surface area contributed by atoms with Crippen molar-refractivity contribution in [1.29, 1.82) is 0 Å². The van der Waals surface area contributed by atoms with E-state index in [4.69, 9.17) is 0 Å². The van der Waals surface area contributed by atoms with Gasteiger partial charge in [0.1, 0.15) is 11.5 Å². The first-order chi connectivity index (χ1) is 15.0. The third-order valence-corrected chi connectivity index (χ3v) is 4.96. The maximum Gasteiger partial charge on any atom is 0.274 e. The highest BCUT2D eigenvalue weighted by Gasteiger charge is 2.35. The van der Waals surface area contributed by atoms with Gasteiger partial charge in [-0.15, -0.1) is 0 Å². The van der Waals surface area contributed by atoms with Gasteiger partial charge in [-0.3, -0.25) is 19.4 Å². The zero-order chi connectivity index (χ0) is 21.8. The molecule has 1 fully saturated rings. The second-order valence-corrected chi connectivity index (χ2v) is 7.09. The lowest BCUT2D eigenvalue weighted by atomic mass is 10.1. The van der Waals surface area contributed by atoms with Crippen molar-refractivity contribution >= 4 is 34.8 Å². The maximum atomic E-state index is 13.2. The molecule has 3 amide bonds. The van der Waals surface area contributed by atoms with Gasteiger partial charge in [-0.2, -0.15) is 0 Å². The van der Waals surface area contributed by atoms with Crippen LogP contribution in [0.1, 0.15) is 16.9 Å². The number of benzene rings is 2. The molecule has 1 aliphatic rings. The van der Waals surface area contributed by atoms with Crippen molar-refractivity contribution in [1.82, 2.24) is 4.98 Å². The van der Waals surface area contributed by atoms with Crippen molar-refractivity contribution in [2.24, 2.45) is 5.92 Å². The summed E-state index contributed by atoms with van der Waals surface area (Å²) in [5, 5.41) is 5.54. The molecule has 8 heteroatoms. The predicted octanol–water partition coefficient (Wildman–Crippen LogP) is 3.46. The van der Waals surface area contributed by atoms with E-state index >= 15 is 0 Å². The average molecular weight is 418 g/mol. The molecule has 1 aromatic heterocycles. The number of hydrogen-bond acceptors (Lipinski definition) is 4. The van der Waals surface area contributed by atoms with Crippen LogP contribution in [-0.4, -0.2) is 29.3 Å². The van der Waals surface area contributed by atoms with Gasteiger partial charge in [0, 0.05) is 24.8 Å². The fourth-order valence-corrected chi connectivity index (χ4v) is 3.37. The average Bonchev–Trinajstić information content (AvgIpc) is 3.18. The smallest absolute Gasteiger partial charge is 0.274 e. The zero-order valence-electron chi connectivity index (χ0n) is 16.4. The standard InChI is InChI=1S/C23H19FN4O3/c24-16-8-10-17(11-9-16)28-14-15(13-21(28)29)22(30)26-18-5-1-2-6-19(18)27-23(31)20-7-3-4-12-25-20/h1-12,15H,13-14H2,(H,26,30)(H,27,31). The number of hydrogen-bond donors (Lipinski definition) is 2. The van der Waals surface area contributed by atoms with Gasteiger partial charge in [0.15, 0.2) is 0 Å². The summed E-state index contributed by atoms with van der Waals surface area (Å²) in [7, 11) is 0. The van der Waals surface area contributed by atoms with E-state index in [1.54, 1.807) is 42.5 Å². The first-order valence-corrected chi connectivity index (χ1v) is 9.69. The van der Waals surface area contributed by atoms with Crippen LogP contribution in [0.2, 0.25) is 0 Å². The van der Waals surface area contributed by atoms with Gasteiger partial charge in [0.2, 0.25) is 11.8 Å². The number of nitrogens with one attached hydrogen (secondary N) is 2. The van der Waals surface area contributed by atoms with Crippen LogP contribution in [0.5, 0.6) is 0 Å². The molecule has 156 valence electrons. The van der Waals surface area contributed by atoms with Crippen LogP contribution in [0.25, 0.3) is 0 Å². The first-order valence-electron chi connectivity index (χ1n) is 9.69. The van der Waals surface area contributed by atoms with Crippen LogP contribution in [-0.2, 0) is 9.59 Å². The Morgan fingerprint density at radius 1 is 0.935 bits per heavy atom. The van der Waals surface area contributed by atoms with E-state index in [0.717, 1.165) is 0 Å². The lowest BCUT2D eigenvalue weighted by molar-refractivity contribution is -0.122. The molecule has 0 bridgehead atoms. The minimum Gasteiger partial charge on any atom is -0.324 e. The summed E-state index contributed by atoms with van der Waals surface area (Å²) in [6.07, 6.45) is 1.57. The van der Waals surface area contributed by atoms with Gasteiger partial charge in [0.05, 0.1) is 17.3 Å². The lowest BCUT2D eigenvalue weighted by Crippen LogP contribution is -2.28. The van der Waals surface area contributed by atoms with Gasteiger partial charge >= 0.3 is 0 Å². The molecule has 2 aromatic carbocycles. The summed E-state index contributed by atoms with van der Waals surface area (Å²) in [6.45, 7) is 0.193. The van der Waals surface area contributed by atoms with E-state index in [2.05, 4.69) is 15.6 Å². The van der Waals surface area contributed by atoms with Crippen LogP contribution >= 0.6 is 0 Å². The van der Waals surface area contributed by atoms with E-state index in [9.17, 15) is 18.8 Å². The second-order valence-electron chi connectivity index (χ2n) is 7.09. The number of nitrogens with zero attached hydrogens (tertiary/aromatic N) is 2. The van der Waals surface area contributed by atoms with Crippen LogP contribution < -0.4 is 15.5 Å². The molecule has 0 saturated carbocycles. The summed E-state index contributed by atoms with van der Waals surface area (Å²) in [4.78, 5) is 43.1. The van der Waals surface area contributed by atoms with Crippen LogP contribution in [0, 0.1) is 11.7 Å². The number of carbonyl (C=O) groups excluding carboxylic acids is 3. The number of rotatable bonds is 5. The Hall–Kier alpha value is -4.07. The van der Waals surface area contributed by atoms with E-state index in [1.807, 2.05) is 0 Å². The fraction of sp³-hybridized carbons (Fsp3) is 0.130. The number of halogens is 1. The Kier molecular flexibility index (Phi) is 5.70. The topological polar surface area (TPSA) is 91.4 Å². The molecule has 0 radical (unpaired) electrons. The molecule has 1 unspecified atom stereocenters. The molecule has 1 aliphatic heterocycles. The highest BCUT2D eigenvalue weighted by atomic mass is 19.1. The van der Waals surface area contributed by atoms with Crippen LogP contribution in [0.15, 0.2) is 72.9 Å². The molecule has 2 heterocycles. The zero-order valence-corrected chi connectivity index (χ0v) is 16.4. The van der Waals surface area contributed by atoms with Gasteiger partial charge in [0.25, 0.3) is 5.91 Å². The molecule has 0 aliphatic carbocycles. The fourth-order valence-electron chi connectivity index (χ4n) is 3.37. The van der Waals surface area contributed by atoms with Crippen molar-refractivity contribution in [3.8, 4) is 0 Å². The number of pyridine rings is 1. The molecule has 4 rings (SSSR count). The Balaban J connectivity index is 1.45. The van der Waals surface area contributed by atoms with Gasteiger partial charge in [-0.1, -0.05) is 18.2 Å². The van der Waals surface area contributed by atoms with E-state index < -0.39 is 17.6 Å². The van der Waals surface area contributed by atoms with Crippen molar-refractivity contribution < 1.29 is 18.8 Å². The van der Waals surface area contributed by atoms with Gasteiger partial charge in [-0.25, -0.2) is 4.39 Å². The third-order valence-electron chi connectivity index (χ3n) is 4.96. The molecule has 7 nitrogen and oxygen atoms in total. The number of aromatic nitrogens is 1. The van der Waals surface area contributed by atoms with E-state index in [1.165, 1.54) is 35.4 Å². The molecule has 3 aromatic rings. The van der Waals surface area contributed by atoms with Crippen molar-refractivity contribution in [2.75, 3.05) is 22.1 Å². The monoisotopic (exact) mass is 418 g/mol. The number of amides is 3. The molecule has 2 N–H and O–H groups in total. The quantitative estimate of drug-likeness (QED) is 0.664. The maximum absolute atomic E-state index is 13.2. The van der Waals surface area contributed by atoms with E-state index in [-0.39, 0.29) is 30.5 Å². The summed E-state index contributed by atoms with van der Waals surface area (Å²) < 4.78 is 13.2. The Morgan fingerprint density at radius 3 is 2.29 bits per heavy atom. The van der Waals surface area contributed by atoms with Gasteiger partial charge in [-0.05, 0) is 48.5 Å². The molecule has 0 spiro atoms. The third kappa shape index (κ3) is 4.58. The predicted molar refractivity (Wildman–Crippen MR) is 114 cm³/mol. The summed E-state index contributed by atoms with van der Waals surface area (Å²) in [6, 6.07) is 17.4. The van der Waals surface area contributed by atoms with Crippen LogP contribution in [0.3, 0.4) is 0 Å². The highest BCUT2D eigenvalue weighted by molar-refractivity contribution is 6.08. The van der Waals surface area contributed by atoms with Crippen molar-refractivity contribution in [3.05, 3.63) is 84.4 Å². The van der Waals surface area contributed by atoms with Crippen LogP contribution in [0.4, 0.5) is 21.5 Å². The number of carbonyl (C=O) groups is 3. The Morgan fingerprint density at radius 2 is 1.61 bits per heavy atom.